The number of halogens is 1. The van der Waals surface area contributed by atoms with E-state index in [-0.39, 0.29) is 24.3 Å². The summed E-state index contributed by atoms with van der Waals surface area (Å²) in [5.74, 6) is 0.0605. The summed E-state index contributed by atoms with van der Waals surface area (Å²) in [4.78, 5) is 29.4. The Balaban J connectivity index is 1.51. The summed E-state index contributed by atoms with van der Waals surface area (Å²) >= 11 is 1.45. The van der Waals surface area contributed by atoms with Gasteiger partial charge < -0.3 is 10.2 Å². The number of nitrogens with zero attached hydrogens (tertiary/aromatic N) is 2. The van der Waals surface area contributed by atoms with Crippen LogP contribution in [0.3, 0.4) is 0 Å². The Morgan fingerprint density at radius 2 is 1.82 bits per heavy atom. The van der Waals surface area contributed by atoms with Crippen LogP contribution in [0.5, 0.6) is 0 Å². The molecule has 1 saturated heterocycles. The van der Waals surface area contributed by atoms with Crippen LogP contribution in [0.15, 0.2) is 66.7 Å². The third-order valence-electron chi connectivity index (χ3n) is 6.39. The number of rotatable bonds is 3. The Labute approximate surface area is 196 Å². The minimum Gasteiger partial charge on any atom is -0.308 e. The smallest absolute Gasteiger partial charge is 0.308 e. The molecule has 3 amide bonds. The first-order valence-corrected chi connectivity index (χ1v) is 11.8. The molecule has 0 bridgehead atoms. The van der Waals surface area contributed by atoms with E-state index in [9.17, 15) is 14.0 Å². The summed E-state index contributed by atoms with van der Waals surface area (Å²) in [6, 6.07) is 19.4. The van der Waals surface area contributed by atoms with Crippen LogP contribution in [0.4, 0.5) is 20.6 Å². The molecule has 3 aromatic carbocycles. The highest BCUT2D eigenvalue weighted by Crippen LogP contribution is 2.54. The summed E-state index contributed by atoms with van der Waals surface area (Å²) in [6.45, 7) is 4.56. The number of carbonyl (C=O) groups excluding carboxylic acids is 2. The molecule has 0 aliphatic carbocycles. The molecule has 1 N–H and O–H groups in total. The van der Waals surface area contributed by atoms with Crippen molar-refractivity contribution in [3.63, 3.8) is 0 Å². The Bertz CT molecular complexity index is 1260. The second-order valence-corrected chi connectivity index (χ2v) is 9.66. The predicted molar refractivity (Wildman–Crippen MR) is 130 cm³/mol. The van der Waals surface area contributed by atoms with Gasteiger partial charge in [0.05, 0.1) is 12.2 Å². The van der Waals surface area contributed by atoms with Crippen LogP contribution in [0.2, 0.25) is 0 Å². The van der Waals surface area contributed by atoms with Crippen molar-refractivity contribution in [3.05, 3.63) is 94.8 Å². The van der Waals surface area contributed by atoms with Gasteiger partial charge in [-0.3, -0.25) is 9.69 Å². The van der Waals surface area contributed by atoms with E-state index in [1.54, 1.807) is 28.0 Å². The van der Waals surface area contributed by atoms with E-state index in [0.717, 1.165) is 16.7 Å². The molecule has 3 aromatic rings. The van der Waals surface area contributed by atoms with Crippen LogP contribution in [-0.2, 0) is 16.2 Å². The number of amides is 3. The summed E-state index contributed by atoms with van der Waals surface area (Å²) in [6.07, 6.45) is 0. The average molecular weight is 462 g/mol. The lowest BCUT2D eigenvalue weighted by Crippen LogP contribution is -2.51. The van der Waals surface area contributed by atoms with E-state index >= 15 is 0 Å². The molecule has 1 fully saturated rings. The molecule has 0 aromatic heterocycles. The Hall–Kier alpha value is -3.32. The largest absolute Gasteiger partial charge is 0.323 e. The summed E-state index contributed by atoms with van der Waals surface area (Å²) in [5.41, 5.74) is 4.83. The van der Waals surface area contributed by atoms with Gasteiger partial charge in [-0.15, -0.1) is 11.8 Å². The van der Waals surface area contributed by atoms with Crippen LogP contribution < -0.4 is 10.2 Å². The molecule has 5 rings (SSSR count). The van der Waals surface area contributed by atoms with Crippen molar-refractivity contribution in [1.82, 2.24) is 4.90 Å². The maximum absolute atomic E-state index is 14.4. The first kappa shape index (κ1) is 21.5. The first-order chi connectivity index (χ1) is 15.9. The number of fused-ring (bicyclic) bond motifs is 2. The van der Waals surface area contributed by atoms with Crippen molar-refractivity contribution < 1.29 is 14.0 Å². The summed E-state index contributed by atoms with van der Waals surface area (Å²) in [7, 11) is 0. The van der Waals surface area contributed by atoms with Gasteiger partial charge in [-0.25, -0.2) is 9.18 Å². The van der Waals surface area contributed by atoms with Gasteiger partial charge in [0.25, 0.3) is 5.91 Å². The van der Waals surface area contributed by atoms with Crippen molar-refractivity contribution in [3.8, 4) is 0 Å². The van der Waals surface area contributed by atoms with Crippen molar-refractivity contribution in [2.24, 2.45) is 0 Å². The van der Waals surface area contributed by atoms with Gasteiger partial charge in [-0.05, 0) is 49.2 Å². The zero-order valence-electron chi connectivity index (χ0n) is 18.5. The molecular weight excluding hydrogens is 437 g/mol. The molecule has 2 aliphatic rings. The van der Waals surface area contributed by atoms with Gasteiger partial charge in [-0.2, -0.15) is 0 Å². The maximum atomic E-state index is 14.4. The molecular formula is C26H24FN3O2S. The topological polar surface area (TPSA) is 52.7 Å². The first-order valence-electron chi connectivity index (χ1n) is 10.9. The monoisotopic (exact) mass is 461 g/mol. The molecule has 1 spiro atoms. The zero-order valence-corrected chi connectivity index (χ0v) is 19.3. The molecule has 0 unspecified atom stereocenters. The van der Waals surface area contributed by atoms with Crippen molar-refractivity contribution >= 4 is 35.1 Å². The fraction of sp³-hybridized carbons (Fsp3) is 0.231. The van der Waals surface area contributed by atoms with Crippen LogP contribution in [0, 0.1) is 19.7 Å². The van der Waals surface area contributed by atoms with Gasteiger partial charge in [0.1, 0.15) is 5.82 Å². The van der Waals surface area contributed by atoms with Crippen LogP contribution in [0.1, 0.15) is 22.3 Å². The molecule has 2 aliphatic heterocycles. The van der Waals surface area contributed by atoms with Crippen molar-refractivity contribution in [2.75, 3.05) is 22.5 Å². The van der Waals surface area contributed by atoms with Crippen molar-refractivity contribution in [1.29, 1.82) is 0 Å². The lowest BCUT2D eigenvalue weighted by molar-refractivity contribution is -0.123. The normalized spacial score (nSPS) is 19.3. The van der Waals surface area contributed by atoms with E-state index in [0.29, 0.717) is 29.2 Å². The SMILES string of the molecule is Cc1ccc(NC(=O)N2CCS[C@@]23C(=O)N(Cc2ccccc2F)c2ccccc23)cc1C. The number of hydrogen-bond acceptors (Lipinski definition) is 3. The number of anilines is 2. The van der Waals surface area contributed by atoms with Gasteiger partial charge in [-0.1, -0.05) is 42.5 Å². The molecule has 0 radical (unpaired) electrons. The number of hydrogen-bond donors (Lipinski definition) is 1. The molecule has 5 nitrogen and oxygen atoms in total. The van der Waals surface area contributed by atoms with Gasteiger partial charge in [0, 0.05) is 29.1 Å². The van der Waals surface area contributed by atoms with Crippen LogP contribution in [-0.4, -0.2) is 29.1 Å². The second-order valence-electron chi connectivity index (χ2n) is 8.37. The van der Waals surface area contributed by atoms with E-state index in [1.165, 1.54) is 17.8 Å². The fourth-order valence-electron chi connectivity index (χ4n) is 4.53. The van der Waals surface area contributed by atoms with Crippen molar-refractivity contribution in [2.45, 2.75) is 25.3 Å². The minimum atomic E-state index is -1.16. The molecule has 1 atom stereocenters. The van der Waals surface area contributed by atoms with Gasteiger partial charge >= 0.3 is 6.03 Å². The van der Waals surface area contributed by atoms with E-state index in [2.05, 4.69) is 5.32 Å². The summed E-state index contributed by atoms with van der Waals surface area (Å²) in [5, 5.41) is 2.97. The third kappa shape index (κ3) is 3.47. The highest BCUT2D eigenvalue weighted by molar-refractivity contribution is 8.01. The summed E-state index contributed by atoms with van der Waals surface area (Å²) < 4.78 is 14.4. The number of aryl methyl sites for hydroxylation is 2. The van der Waals surface area contributed by atoms with Gasteiger partial charge in [0.15, 0.2) is 4.87 Å². The Morgan fingerprint density at radius 1 is 1.06 bits per heavy atom. The third-order valence-corrected chi connectivity index (χ3v) is 7.81. The number of carbonyl (C=O) groups is 2. The predicted octanol–water partition coefficient (Wildman–Crippen LogP) is 5.42. The fourth-order valence-corrected chi connectivity index (χ4v) is 5.99. The molecule has 0 saturated carbocycles. The standard InChI is InChI=1S/C26H24FN3O2S/c1-17-11-12-20(15-18(17)2)28-25(32)30-13-14-33-26(30)21-8-4-6-10-23(21)29(24(26)31)16-19-7-3-5-9-22(19)27/h3-12,15H,13-14,16H2,1-2H3,(H,28,32)/t26-/m0/s1. The lowest BCUT2D eigenvalue weighted by Gasteiger charge is -2.33. The second kappa shape index (κ2) is 8.23. The number of urea groups is 1. The Morgan fingerprint density at radius 3 is 2.61 bits per heavy atom. The molecule has 168 valence electrons. The zero-order chi connectivity index (χ0) is 23.2. The van der Waals surface area contributed by atoms with Crippen LogP contribution >= 0.6 is 11.8 Å². The highest BCUT2D eigenvalue weighted by atomic mass is 32.2. The molecule has 2 heterocycles. The van der Waals surface area contributed by atoms with E-state index in [1.807, 2.05) is 56.3 Å². The Kier molecular flexibility index (Phi) is 5.37. The minimum absolute atomic E-state index is 0.109. The number of para-hydroxylation sites is 1. The van der Waals surface area contributed by atoms with Gasteiger partial charge in [0.2, 0.25) is 0 Å². The number of nitrogens with one attached hydrogen (secondary N) is 1. The maximum Gasteiger partial charge on any atom is 0.323 e. The lowest BCUT2D eigenvalue weighted by atomic mass is 10.1. The number of benzene rings is 3. The van der Waals surface area contributed by atoms with E-state index in [4.69, 9.17) is 0 Å². The average Bonchev–Trinajstić information content (AvgIpc) is 3.35. The quantitative estimate of drug-likeness (QED) is 0.566. The molecule has 33 heavy (non-hydrogen) atoms. The van der Waals surface area contributed by atoms with Crippen LogP contribution in [0.25, 0.3) is 0 Å². The van der Waals surface area contributed by atoms with E-state index < -0.39 is 4.87 Å². The highest BCUT2D eigenvalue weighted by Gasteiger charge is 2.59. The molecule has 7 heteroatoms. The number of thioether (sulfide) groups is 1.